The molecule has 1 aromatic carbocycles. The van der Waals surface area contributed by atoms with Crippen LogP contribution in [0.1, 0.15) is 22.3 Å². The summed E-state index contributed by atoms with van der Waals surface area (Å²) in [5.41, 5.74) is 0.382. The minimum atomic E-state index is -3.93. The van der Waals surface area contributed by atoms with Gasteiger partial charge in [-0.2, -0.15) is 0 Å². The Morgan fingerprint density at radius 2 is 2.14 bits per heavy atom. The van der Waals surface area contributed by atoms with Crippen LogP contribution in [0.15, 0.2) is 21.5 Å². The molecule has 1 aliphatic rings. The van der Waals surface area contributed by atoms with Gasteiger partial charge < -0.3 is 10.4 Å². The molecule has 21 heavy (non-hydrogen) atoms. The fourth-order valence-corrected chi connectivity index (χ4v) is 4.31. The van der Waals surface area contributed by atoms with E-state index < -0.39 is 22.0 Å². The zero-order valence-electron chi connectivity index (χ0n) is 11.0. The minimum absolute atomic E-state index is 0.0639. The third-order valence-corrected chi connectivity index (χ3v) is 5.92. The van der Waals surface area contributed by atoms with E-state index in [0.717, 1.165) is 6.07 Å². The van der Waals surface area contributed by atoms with Crippen molar-refractivity contribution < 1.29 is 23.1 Å². The van der Waals surface area contributed by atoms with E-state index in [9.17, 15) is 18.0 Å². The van der Waals surface area contributed by atoms with Crippen LogP contribution in [0.3, 0.4) is 0 Å². The third-order valence-electron chi connectivity index (χ3n) is 3.06. The topological polar surface area (TPSA) is 113 Å². The highest BCUT2D eigenvalue weighted by Gasteiger charge is 2.29. The van der Waals surface area contributed by atoms with Crippen molar-refractivity contribution in [2.75, 3.05) is 6.54 Å². The standard InChI is InChI=1S/C12H13BrN2O5S/c1-6-2-7(12(17)18)3-9(11(6)13)21(19,20)15-8-4-10(16)14-5-8/h2-3,8,15H,4-5H2,1H3,(H,14,16)(H,17,18). The molecule has 9 heteroatoms. The van der Waals surface area contributed by atoms with Crippen molar-refractivity contribution in [1.29, 1.82) is 0 Å². The first-order valence-electron chi connectivity index (χ1n) is 6.03. The molecule has 1 heterocycles. The molecular formula is C12H13BrN2O5S. The minimum Gasteiger partial charge on any atom is -0.478 e. The van der Waals surface area contributed by atoms with Crippen molar-refractivity contribution in [1.82, 2.24) is 10.0 Å². The monoisotopic (exact) mass is 376 g/mol. The van der Waals surface area contributed by atoms with Gasteiger partial charge in [-0.3, -0.25) is 4.79 Å². The molecule has 1 fully saturated rings. The van der Waals surface area contributed by atoms with Gasteiger partial charge in [0.2, 0.25) is 15.9 Å². The number of amides is 1. The van der Waals surface area contributed by atoms with Crippen molar-refractivity contribution in [3.63, 3.8) is 0 Å². The Morgan fingerprint density at radius 1 is 1.48 bits per heavy atom. The molecule has 1 atom stereocenters. The molecule has 1 aromatic rings. The summed E-state index contributed by atoms with van der Waals surface area (Å²) in [7, 11) is -3.93. The third kappa shape index (κ3) is 3.42. The number of carboxylic acids is 1. The van der Waals surface area contributed by atoms with E-state index in [4.69, 9.17) is 5.11 Å². The van der Waals surface area contributed by atoms with Gasteiger partial charge in [0.05, 0.1) is 10.5 Å². The summed E-state index contributed by atoms with van der Waals surface area (Å²) in [5, 5.41) is 11.6. The predicted octanol–water partition coefficient (Wildman–Crippen LogP) is 0.623. The Kier molecular flexibility index (Phi) is 4.35. The molecule has 0 aliphatic carbocycles. The molecule has 0 radical (unpaired) electrons. The van der Waals surface area contributed by atoms with Crippen LogP contribution in [-0.4, -0.2) is 38.0 Å². The second-order valence-electron chi connectivity index (χ2n) is 4.74. The summed E-state index contributed by atoms with van der Waals surface area (Å²) in [4.78, 5) is 22.0. The Morgan fingerprint density at radius 3 is 2.67 bits per heavy atom. The number of nitrogens with one attached hydrogen (secondary N) is 2. The molecule has 0 saturated carbocycles. The first kappa shape index (κ1) is 15.9. The summed E-state index contributed by atoms with van der Waals surface area (Å²) in [6.45, 7) is 1.82. The average Bonchev–Trinajstić information content (AvgIpc) is 2.76. The maximum absolute atomic E-state index is 12.4. The van der Waals surface area contributed by atoms with Crippen LogP contribution in [0, 0.1) is 6.92 Å². The van der Waals surface area contributed by atoms with Gasteiger partial charge >= 0.3 is 5.97 Å². The van der Waals surface area contributed by atoms with Crippen LogP contribution in [0.5, 0.6) is 0 Å². The number of aryl methyl sites for hydroxylation is 1. The molecule has 1 unspecified atom stereocenters. The van der Waals surface area contributed by atoms with E-state index in [1.807, 2.05) is 0 Å². The first-order chi connectivity index (χ1) is 9.70. The molecule has 0 bridgehead atoms. The second kappa shape index (κ2) is 5.74. The van der Waals surface area contributed by atoms with Crippen molar-refractivity contribution in [3.8, 4) is 0 Å². The lowest BCUT2D eigenvalue weighted by Crippen LogP contribution is -2.36. The Balaban J connectivity index is 2.39. The molecule has 7 nitrogen and oxygen atoms in total. The normalized spacial score (nSPS) is 18.6. The number of benzene rings is 1. The Labute approximate surface area is 129 Å². The molecule has 1 saturated heterocycles. The zero-order chi connectivity index (χ0) is 15.8. The number of carbonyl (C=O) groups is 2. The van der Waals surface area contributed by atoms with Crippen LogP contribution in [0.25, 0.3) is 0 Å². The molecule has 0 spiro atoms. The van der Waals surface area contributed by atoms with Crippen LogP contribution < -0.4 is 10.0 Å². The summed E-state index contributed by atoms with van der Waals surface area (Å²) in [5.74, 6) is -1.43. The van der Waals surface area contributed by atoms with Gasteiger partial charge in [-0.25, -0.2) is 17.9 Å². The van der Waals surface area contributed by atoms with Gasteiger partial charge in [0, 0.05) is 23.5 Å². The van der Waals surface area contributed by atoms with Crippen LogP contribution in [-0.2, 0) is 14.8 Å². The fraction of sp³-hybridized carbons (Fsp3) is 0.333. The van der Waals surface area contributed by atoms with E-state index >= 15 is 0 Å². The maximum Gasteiger partial charge on any atom is 0.335 e. The largest absolute Gasteiger partial charge is 0.478 e. The van der Waals surface area contributed by atoms with Gasteiger partial charge in [-0.1, -0.05) is 0 Å². The highest BCUT2D eigenvalue weighted by atomic mass is 79.9. The van der Waals surface area contributed by atoms with Gasteiger partial charge in [0.15, 0.2) is 0 Å². The van der Waals surface area contributed by atoms with Crippen LogP contribution in [0.2, 0.25) is 0 Å². The first-order valence-corrected chi connectivity index (χ1v) is 8.31. The van der Waals surface area contributed by atoms with Crippen molar-refractivity contribution in [3.05, 3.63) is 27.7 Å². The van der Waals surface area contributed by atoms with E-state index in [1.165, 1.54) is 6.07 Å². The smallest absolute Gasteiger partial charge is 0.335 e. The Hall–Kier alpha value is -1.45. The maximum atomic E-state index is 12.4. The summed E-state index contributed by atoms with van der Waals surface area (Å²) >= 11 is 3.17. The molecule has 1 aliphatic heterocycles. The fourth-order valence-electron chi connectivity index (χ4n) is 2.03. The van der Waals surface area contributed by atoms with Crippen LogP contribution >= 0.6 is 15.9 Å². The summed E-state index contributed by atoms with van der Waals surface area (Å²) in [6, 6.07) is 1.93. The number of carbonyl (C=O) groups excluding carboxylic acids is 1. The van der Waals surface area contributed by atoms with E-state index in [1.54, 1.807) is 6.92 Å². The highest BCUT2D eigenvalue weighted by molar-refractivity contribution is 9.10. The van der Waals surface area contributed by atoms with Gasteiger partial charge in [-0.05, 0) is 40.5 Å². The van der Waals surface area contributed by atoms with Gasteiger partial charge in [0.1, 0.15) is 0 Å². The summed E-state index contributed by atoms with van der Waals surface area (Å²) in [6.07, 6.45) is 0.0639. The molecule has 3 N–H and O–H groups in total. The number of halogens is 1. The quantitative estimate of drug-likeness (QED) is 0.712. The number of hydrogen-bond acceptors (Lipinski definition) is 4. The number of aromatic carboxylic acids is 1. The van der Waals surface area contributed by atoms with Crippen molar-refractivity contribution in [2.45, 2.75) is 24.3 Å². The number of carboxylic acid groups (broad SMARTS) is 1. The molecule has 1 amide bonds. The van der Waals surface area contributed by atoms with Gasteiger partial charge in [-0.15, -0.1) is 0 Å². The van der Waals surface area contributed by atoms with E-state index in [0.29, 0.717) is 10.0 Å². The zero-order valence-corrected chi connectivity index (χ0v) is 13.4. The summed E-state index contributed by atoms with van der Waals surface area (Å²) < 4.78 is 27.4. The van der Waals surface area contributed by atoms with Crippen LogP contribution in [0.4, 0.5) is 0 Å². The molecular weight excluding hydrogens is 364 g/mol. The average molecular weight is 377 g/mol. The number of rotatable bonds is 4. The molecule has 114 valence electrons. The van der Waals surface area contributed by atoms with Crippen molar-refractivity contribution >= 4 is 37.8 Å². The SMILES string of the molecule is Cc1cc(C(=O)O)cc(S(=O)(=O)NC2CNC(=O)C2)c1Br. The number of sulfonamides is 1. The predicted molar refractivity (Wildman–Crippen MR) is 77.6 cm³/mol. The lowest BCUT2D eigenvalue weighted by Gasteiger charge is -2.14. The molecule has 2 rings (SSSR count). The lowest BCUT2D eigenvalue weighted by molar-refractivity contribution is -0.119. The molecule has 0 aromatic heterocycles. The Bertz CT molecular complexity index is 717. The lowest BCUT2D eigenvalue weighted by atomic mass is 10.1. The number of hydrogen-bond donors (Lipinski definition) is 3. The van der Waals surface area contributed by atoms with E-state index in [-0.39, 0.29) is 29.3 Å². The van der Waals surface area contributed by atoms with E-state index in [2.05, 4.69) is 26.0 Å². The van der Waals surface area contributed by atoms with Crippen molar-refractivity contribution in [2.24, 2.45) is 0 Å². The highest BCUT2D eigenvalue weighted by Crippen LogP contribution is 2.27. The second-order valence-corrected chi connectivity index (χ2v) is 7.21. The van der Waals surface area contributed by atoms with Gasteiger partial charge in [0.25, 0.3) is 0 Å².